The van der Waals surface area contributed by atoms with Crippen LogP contribution in [0.3, 0.4) is 0 Å². The van der Waals surface area contributed by atoms with Crippen LogP contribution in [-0.4, -0.2) is 9.97 Å². The van der Waals surface area contributed by atoms with E-state index >= 15 is 0 Å². The average Bonchev–Trinajstić information content (AvgIpc) is 2.64. The van der Waals surface area contributed by atoms with Crippen LogP contribution in [0.5, 0.6) is 0 Å². The molecule has 0 saturated heterocycles. The van der Waals surface area contributed by atoms with E-state index in [1.54, 1.807) is 17.5 Å². The molecule has 0 aliphatic heterocycles. The number of aryl methyl sites for hydroxylation is 1. The number of hydrogen-bond acceptors (Lipinski definition) is 5. The monoisotopic (exact) mass is 220 g/mol. The van der Waals surface area contributed by atoms with Gasteiger partial charge in [0.05, 0.1) is 23.4 Å². The van der Waals surface area contributed by atoms with Crippen molar-refractivity contribution >= 4 is 22.8 Å². The van der Waals surface area contributed by atoms with Crippen molar-refractivity contribution in [3.63, 3.8) is 0 Å². The van der Waals surface area contributed by atoms with E-state index in [9.17, 15) is 0 Å². The van der Waals surface area contributed by atoms with Gasteiger partial charge in [-0.1, -0.05) is 0 Å². The van der Waals surface area contributed by atoms with Gasteiger partial charge in [-0.05, 0) is 19.1 Å². The Labute approximate surface area is 92.2 Å². The minimum atomic E-state index is 0.675. The molecule has 0 aromatic carbocycles. The minimum Gasteiger partial charge on any atom is -0.397 e. The van der Waals surface area contributed by atoms with Crippen molar-refractivity contribution in [2.24, 2.45) is 0 Å². The van der Waals surface area contributed by atoms with Gasteiger partial charge in [0, 0.05) is 11.1 Å². The van der Waals surface area contributed by atoms with E-state index in [1.165, 1.54) is 4.88 Å². The lowest BCUT2D eigenvalue weighted by atomic mass is 10.4. The van der Waals surface area contributed by atoms with Crippen LogP contribution in [0.15, 0.2) is 24.5 Å². The molecule has 0 amide bonds. The lowest BCUT2D eigenvalue weighted by Gasteiger charge is -2.02. The maximum absolute atomic E-state index is 5.54. The molecule has 2 heterocycles. The number of anilines is 2. The van der Waals surface area contributed by atoms with Crippen LogP contribution >= 0.6 is 11.3 Å². The summed E-state index contributed by atoms with van der Waals surface area (Å²) in [4.78, 5) is 9.53. The van der Waals surface area contributed by atoms with Crippen molar-refractivity contribution in [2.75, 3.05) is 11.1 Å². The lowest BCUT2D eigenvalue weighted by Crippen LogP contribution is -1.99. The molecule has 0 radical (unpaired) electrons. The third-order valence-corrected chi connectivity index (χ3v) is 2.81. The molecule has 0 saturated carbocycles. The number of rotatable bonds is 3. The molecule has 0 aliphatic carbocycles. The number of thiazole rings is 1. The van der Waals surface area contributed by atoms with Gasteiger partial charge in [0.25, 0.3) is 0 Å². The second-order valence-electron chi connectivity index (χ2n) is 3.18. The predicted molar refractivity (Wildman–Crippen MR) is 62.8 cm³/mol. The van der Waals surface area contributed by atoms with Crippen molar-refractivity contribution in [1.82, 2.24) is 9.97 Å². The Kier molecular flexibility index (Phi) is 2.82. The smallest absolute Gasteiger partial charge is 0.126 e. The number of aromatic nitrogens is 2. The largest absolute Gasteiger partial charge is 0.397 e. The zero-order valence-corrected chi connectivity index (χ0v) is 9.21. The Bertz CT molecular complexity index is 435. The summed E-state index contributed by atoms with van der Waals surface area (Å²) in [5, 5.41) is 4.29. The summed E-state index contributed by atoms with van der Waals surface area (Å²) >= 11 is 1.68. The number of hydrogen-bond donors (Lipinski definition) is 2. The van der Waals surface area contributed by atoms with E-state index in [1.807, 2.05) is 25.3 Å². The lowest BCUT2D eigenvalue weighted by molar-refractivity contribution is 1.13. The first-order valence-corrected chi connectivity index (χ1v) is 5.42. The second-order valence-corrected chi connectivity index (χ2v) is 4.50. The van der Waals surface area contributed by atoms with Gasteiger partial charge >= 0.3 is 0 Å². The Morgan fingerprint density at radius 1 is 1.33 bits per heavy atom. The van der Waals surface area contributed by atoms with Crippen molar-refractivity contribution in [3.05, 3.63) is 34.4 Å². The molecule has 2 rings (SSSR count). The van der Waals surface area contributed by atoms with Gasteiger partial charge in [0.15, 0.2) is 0 Å². The van der Waals surface area contributed by atoms with E-state index in [-0.39, 0.29) is 0 Å². The zero-order chi connectivity index (χ0) is 10.7. The Hall–Kier alpha value is -1.62. The van der Waals surface area contributed by atoms with E-state index in [0.717, 1.165) is 17.4 Å². The molecule has 2 aromatic rings. The molecule has 3 N–H and O–H groups in total. The minimum absolute atomic E-state index is 0.675. The Balaban J connectivity index is 1.96. The molecule has 0 atom stereocenters. The van der Waals surface area contributed by atoms with Crippen LogP contribution in [-0.2, 0) is 6.54 Å². The molecule has 78 valence electrons. The molecule has 4 nitrogen and oxygen atoms in total. The fraction of sp³-hybridized carbons (Fsp3) is 0.200. The van der Waals surface area contributed by atoms with Crippen LogP contribution in [0.4, 0.5) is 11.5 Å². The molecule has 5 heteroatoms. The Morgan fingerprint density at radius 3 is 2.80 bits per heavy atom. The molecule has 2 aromatic heterocycles. The van der Waals surface area contributed by atoms with E-state index in [0.29, 0.717) is 5.69 Å². The van der Waals surface area contributed by atoms with Crippen LogP contribution in [0.2, 0.25) is 0 Å². The van der Waals surface area contributed by atoms with Crippen LogP contribution in [0, 0.1) is 6.92 Å². The zero-order valence-electron chi connectivity index (χ0n) is 8.40. The molecule has 0 aliphatic rings. The highest BCUT2D eigenvalue weighted by Crippen LogP contribution is 2.13. The molecule has 15 heavy (non-hydrogen) atoms. The first-order chi connectivity index (χ1) is 7.24. The number of nitrogens with one attached hydrogen (secondary N) is 1. The molecular weight excluding hydrogens is 208 g/mol. The number of nitrogens with zero attached hydrogens (tertiary/aromatic N) is 2. The maximum atomic E-state index is 5.54. The van der Waals surface area contributed by atoms with Gasteiger partial charge in [-0.25, -0.2) is 9.97 Å². The highest BCUT2D eigenvalue weighted by Gasteiger charge is 1.98. The standard InChI is InChI=1S/C10H12N4S/c1-7-12-5-9(15-7)6-14-10-3-2-8(11)4-13-10/h2-5H,6,11H2,1H3,(H,13,14). The summed E-state index contributed by atoms with van der Waals surface area (Å²) < 4.78 is 0. The quantitative estimate of drug-likeness (QED) is 0.830. The van der Waals surface area contributed by atoms with Gasteiger partial charge in [0.2, 0.25) is 0 Å². The summed E-state index contributed by atoms with van der Waals surface area (Å²) in [6.07, 6.45) is 3.52. The predicted octanol–water partition coefficient (Wildman–Crippen LogP) is 2.04. The number of pyridine rings is 1. The van der Waals surface area contributed by atoms with Crippen molar-refractivity contribution < 1.29 is 0 Å². The molecule has 0 bridgehead atoms. The van der Waals surface area contributed by atoms with Crippen LogP contribution in [0.25, 0.3) is 0 Å². The second kappa shape index (κ2) is 4.27. The number of nitrogen functional groups attached to an aromatic ring is 1. The van der Waals surface area contributed by atoms with Crippen molar-refractivity contribution in [2.45, 2.75) is 13.5 Å². The van der Waals surface area contributed by atoms with Gasteiger partial charge < -0.3 is 11.1 Å². The van der Waals surface area contributed by atoms with E-state index in [4.69, 9.17) is 5.73 Å². The third-order valence-electron chi connectivity index (χ3n) is 1.90. The van der Waals surface area contributed by atoms with Gasteiger partial charge in [-0.2, -0.15) is 0 Å². The fourth-order valence-electron chi connectivity index (χ4n) is 1.17. The van der Waals surface area contributed by atoms with Crippen LogP contribution < -0.4 is 11.1 Å². The SMILES string of the molecule is Cc1ncc(CNc2ccc(N)cn2)s1. The maximum Gasteiger partial charge on any atom is 0.126 e. The summed E-state index contributed by atoms with van der Waals surface area (Å²) in [5.74, 6) is 0.829. The summed E-state index contributed by atoms with van der Waals surface area (Å²) in [5.41, 5.74) is 6.21. The van der Waals surface area contributed by atoms with Crippen molar-refractivity contribution in [3.8, 4) is 0 Å². The topological polar surface area (TPSA) is 63.8 Å². The molecular formula is C10H12N4S. The highest BCUT2D eigenvalue weighted by atomic mass is 32.1. The molecule has 0 spiro atoms. The summed E-state index contributed by atoms with van der Waals surface area (Å²) in [6, 6.07) is 3.69. The van der Waals surface area contributed by atoms with E-state index in [2.05, 4.69) is 15.3 Å². The van der Waals surface area contributed by atoms with Gasteiger partial charge in [0.1, 0.15) is 5.82 Å². The Morgan fingerprint density at radius 2 is 2.20 bits per heavy atom. The third kappa shape index (κ3) is 2.66. The van der Waals surface area contributed by atoms with Gasteiger partial charge in [-0.15, -0.1) is 11.3 Å². The van der Waals surface area contributed by atoms with E-state index < -0.39 is 0 Å². The number of nitrogens with two attached hydrogens (primary N) is 1. The summed E-state index contributed by atoms with van der Waals surface area (Å²) in [7, 11) is 0. The molecule has 0 fully saturated rings. The normalized spacial score (nSPS) is 10.2. The first-order valence-electron chi connectivity index (χ1n) is 4.61. The average molecular weight is 220 g/mol. The molecule has 0 unspecified atom stereocenters. The van der Waals surface area contributed by atoms with Gasteiger partial charge in [-0.3, -0.25) is 0 Å². The fourth-order valence-corrected chi connectivity index (χ4v) is 1.91. The van der Waals surface area contributed by atoms with Crippen LogP contribution in [0.1, 0.15) is 9.88 Å². The first kappa shape index (κ1) is 9.92. The van der Waals surface area contributed by atoms with Crippen molar-refractivity contribution in [1.29, 1.82) is 0 Å². The highest BCUT2D eigenvalue weighted by molar-refractivity contribution is 7.11. The summed E-state index contributed by atoms with van der Waals surface area (Å²) in [6.45, 7) is 2.75.